The molecule has 0 fully saturated rings. The zero-order valence-corrected chi connectivity index (χ0v) is 20.4. The number of hydrogen-bond acceptors (Lipinski definition) is 4. The molecule has 0 saturated carbocycles. The van der Waals surface area contributed by atoms with Gasteiger partial charge in [0.25, 0.3) is 5.91 Å². The minimum absolute atomic E-state index is 0.155. The predicted octanol–water partition coefficient (Wildman–Crippen LogP) is 3.43. The molecule has 7 heteroatoms. The molecule has 4 rings (SSSR count). The number of aliphatic imine (C=N–C) groups is 1. The van der Waals surface area contributed by atoms with E-state index in [1.165, 1.54) is 4.90 Å². The number of anilines is 1. The number of nitrogens with two attached hydrogens (primary N) is 1. The van der Waals surface area contributed by atoms with Crippen LogP contribution in [0.2, 0.25) is 0 Å². The summed E-state index contributed by atoms with van der Waals surface area (Å²) in [5.41, 5.74) is 7.83. The molecule has 2 aromatic rings. The predicted molar refractivity (Wildman–Crippen MR) is 137 cm³/mol. The van der Waals surface area contributed by atoms with Crippen molar-refractivity contribution in [2.24, 2.45) is 28.0 Å². The average molecular weight is 473 g/mol. The van der Waals surface area contributed by atoms with Crippen LogP contribution in [0.15, 0.2) is 71.7 Å². The van der Waals surface area contributed by atoms with Crippen LogP contribution in [-0.2, 0) is 14.4 Å². The minimum atomic E-state index is -1.14. The van der Waals surface area contributed by atoms with E-state index in [2.05, 4.69) is 5.32 Å². The lowest BCUT2D eigenvalue weighted by molar-refractivity contribution is -0.141. The van der Waals surface area contributed by atoms with Crippen LogP contribution in [0.3, 0.4) is 0 Å². The number of para-hydroxylation sites is 1. The molecule has 1 aliphatic heterocycles. The van der Waals surface area contributed by atoms with Gasteiger partial charge in [-0.1, -0.05) is 74.5 Å². The Bertz CT molecular complexity index is 1180. The van der Waals surface area contributed by atoms with Crippen LogP contribution in [0.4, 0.5) is 5.69 Å². The maximum absolute atomic E-state index is 13.7. The maximum Gasteiger partial charge on any atom is 0.272 e. The van der Waals surface area contributed by atoms with Crippen LogP contribution in [0.25, 0.3) is 0 Å². The molecule has 3 N–H and O–H groups in total. The van der Waals surface area contributed by atoms with Gasteiger partial charge in [-0.2, -0.15) is 0 Å². The van der Waals surface area contributed by atoms with E-state index in [1.807, 2.05) is 80.6 Å². The van der Waals surface area contributed by atoms with Gasteiger partial charge in [0.05, 0.1) is 22.7 Å². The second-order valence-corrected chi connectivity index (χ2v) is 9.75. The molecule has 2 aromatic carbocycles. The molecule has 2 aliphatic rings. The van der Waals surface area contributed by atoms with Crippen molar-refractivity contribution in [3.8, 4) is 0 Å². The van der Waals surface area contributed by atoms with Gasteiger partial charge in [0.2, 0.25) is 18.0 Å². The van der Waals surface area contributed by atoms with Crippen LogP contribution in [0, 0.1) is 17.3 Å². The first-order valence-electron chi connectivity index (χ1n) is 12.0. The van der Waals surface area contributed by atoms with Crippen LogP contribution in [0.1, 0.15) is 44.2 Å². The first kappa shape index (κ1) is 24.4. The summed E-state index contributed by atoms with van der Waals surface area (Å²) < 4.78 is 0. The molecule has 0 saturated heterocycles. The lowest BCUT2D eigenvalue weighted by atomic mass is 9.69. The number of primary amides is 1. The number of nitrogens with one attached hydrogen (secondary N) is 1. The Labute approximate surface area is 206 Å². The minimum Gasteiger partial charge on any atom is -0.369 e. The zero-order chi connectivity index (χ0) is 25.2. The largest absolute Gasteiger partial charge is 0.369 e. The third kappa shape index (κ3) is 4.63. The summed E-state index contributed by atoms with van der Waals surface area (Å²) >= 11 is 0. The summed E-state index contributed by atoms with van der Waals surface area (Å²) in [5.74, 6) is -1.74. The smallest absolute Gasteiger partial charge is 0.272 e. The Kier molecular flexibility index (Phi) is 6.87. The second-order valence-electron chi connectivity index (χ2n) is 9.75. The molecular weight excluding hydrogens is 440 g/mol. The number of carbonyl (C=O) groups is 3. The van der Waals surface area contributed by atoms with Gasteiger partial charge in [0.1, 0.15) is 0 Å². The molecule has 35 heavy (non-hydrogen) atoms. The van der Waals surface area contributed by atoms with Crippen molar-refractivity contribution in [3.05, 3.63) is 77.9 Å². The second kappa shape index (κ2) is 9.86. The van der Waals surface area contributed by atoms with Gasteiger partial charge in [0.15, 0.2) is 0 Å². The van der Waals surface area contributed by atoms with Crippen molar-refractivity contribution in [1.29, 1.82) is 0 Å². The number of rotatable bonds is 7. The molecule has 0 spiro atoms. The third-order valence-corrected chi connectivity index (χ3v) is 6.98. The molecule has 0 bridgehead atoms. The summed E-state index contributed by atoms with van der Waals surface area (Å²) in [5, 5.41) is 2.88. The molecule has 7 nitrogen and oxygen atoms in total. The quantitative estimate of drug-likeness (QED) is 0.603. The number of likely N-dealkylation sites (N-methyl/N-ethyl adjacent to an activating group) is 1. The van der Waals surface area contributed by atoms with Gasteiger partial charge in [-0.15, -0.1) is 0 Å². The summed E-state index contributed by atoms with van der Waals surface area (Å²) in [6, 6.07) is 17.1. The number of nitrogens with zero attached hydrogens (tertiary/aromatic N) is 2. The molecular formula is C28H32N4O3. The lowest BCUT2D eigenvalue weighted by Gasteiger charge is -2.35. The van der Waals surface area contributed by atoms with E-state index in [0.717, 1.165) is 11.1 Å². The Morgan fingerprint density at radius 3 is 2.34 bits per heavy atom. The zero-order valence-electron chi connectivity index (χ0n) is 20.4. The highest BCUT2D eigenvalue weighted by Gasteiger charge is 2.49. The monoisotopic (exact) mass is 472 g/mol. The van der Waals surface area contributed by atoms with E-state index in [1.54, 1.807) is 7.05 Å². The Morgan fingerprint density at radius 2 is 1.71 bits per heavy atom. The van der Waals surface area contributed by atoms with Gasteiger partial charge >= 0.3 is 0 Å². The van der Waals surface area contributed by atoms with Gasteiger partial charge in [-0.05, 0) is 31.2 Å². The number of amides is 3. The topological polar surface area (TPSA) is 105 Å². The van der Waals surface area contributed by atoms with E-state index in [-0.39, 0.29) is 17.7 Å². The fourth-order valence-electron chi connectivity index (χ4n) is 5.06. The van der Waals surface area contributed by atoms with E-state index in [9.17, 15) is 14.4 Å². The van der Waals surface area contributed by atoms with Crippen molar-refractivity contribution in [2.75, 3.05) is 11.9 Å². The number of fused-ring (bicyclic) bond motifs is 1. The van der Waals surface area contributed by atoms with E-state index in [4.69, 9.17) is 10.7 Å². The summed E-state index contributed by atoms with van der Waals surface area (Å²) in [6.45, 7) is 4.01. The van der Waals surface area contributed by atoms with Crippen LogP contribution < -0.4 is 16.0 Å². The fraction of sp³-hybridized carbons (Fsp3) is 0.357. The summed E-state index contributed by atoms with van der Waals surface area (Å²) in [6.07, 6.45) is 3.97. The first-order chi connectivity index (χ1) is 16.7. The molecule has 1 aliphatic carbocycles. The van der Waals surface area contributed by atoms with Crippen LogP contribution in [0.5, 0.6) is 0 Å². The Balaban J connectivity index is 1.74. The number of carbonyl (C=O) groups excluding carboxylic acids is 3. The normalized spacial score (nSPS) is 19.7. The van der Waals surface area contributed by atoms with Crippen molar-refractivity contribution < 1.29 is 14.4 Å². The van der Waals surface area contributed by atoms with Gasteiger partial charge in [-0.3, -0.25) is 14.4 Å². The highest BCUT2D eigenvalue weighted by Crippen LogP contribution is 2.43. The molecule has 3 amide bonds. The third-order valence-electron chi connectivity index (χ3n) is 6.98. The molecule has 2 atom stereocenters. The van der Waals surface area contributed by atoms with Crippen molar-refractivity contribution in [3.63, 3.8) is 0 Å². The van der Waals surface area contributed by atoms with Gasteiger partial charge in [-0.25, -0.2) is 4.99 Å². The van der Waals surface area contributed by atoms with Crippen LogP contribution in [-0.4, -0.2) is 36.6 Å². The summed E-state index contributed by atoms with van der Waals surface area (Å²) in [4.78, 5) is 46.1. The SMILES string of the molecule is CC(C)C[C@@H](C(=O)NC1N=C(c2ccccc2)c2ccccc2N(C)C1=O)C1(C(N)=O)CC=CC1. The van der Waals surface area contributed by atoms with E-state index >= 15 is 0 Å². The Hall–Kier alpha value is -3.74. The molecule has 1 heterocycles. The van der Waals surface area contributed by atoms with Gasteiger partial charge < -0.3 is 16.0 Å². The molecule has 1 unspecified atom stereocenters. The average Bonchev–Trinajstić information content (AvgIpc) is 3.32. The van der Waals surface area contributed by atoms with E-state index in [0.29, 0.717) is 30.7 Å². The summed E-state index contributed by atoms with van der Waals surface area (Å²) in [7, 11) is 1.68. The highest BCUT2D eigenvalue weighted by molar-refractivity contribution is 6.20. The first-order valence-corrected chi connectivity index (χ1v) is 12.0. The van der Waals surface area contributed by atoms with Gasteiger partial charge in [0, 0.05) is 18.2 Å². The van der Waals surface area contributed by atoms with Crippen molar-refractivity contribution in [2.45, 2.75) is 39.3 Å². The van der Waals surface area contributed by atoms with E-state index < -0.39 is 23.4 Å². The van der Waals surface area contributed by atoms with Crippen LogP contribution >= 0.6 is 0 Å². The van der Waals surface area contributed by atoms with Crippen molar-refractivity contribution >= 4 is 29.1 Å². The molecule has 0 radical (unpaired) electrons. The Morgan fingerprint density at radius 1 is 1.09 bits per heavy atom. The standard InChI is InChI=1S/C28H32N4O3/c1-18(2)17-21(28(27(29)35)15-9-10-16-28)25(33)31-24-26(34)32(3)22-14-8-7-13-20(22)23(30-24)19-11-5-4-6-12-19/h4-14,18,21,24H,15-17H2,1-3H3,(H2,29,35)(H,31,33)/t21-,24?/m0/s1. The number of allylic oxidation sites excluding steroid dienone is 2. The molecule has 0 aromatic heterocycles. The maximum atomic E-state index is 13.7. The number of benzene rings is 2. The lowest BCUT2D eigenvalue weighted by Crippen LogP contribution is -2.53. The molecule has 182 valence electrons. The van der Waals surface area contributed by atoms with Crippen molar-refractivity contribution in [1.82, 2.24) is 5.32 Å². The number of benzodiazepines with no additional fused rings is 1. The number of hydrogen-bond donors (Lipinski definition) is 2. The fourth-order valence-corrected chi connectivity index (χ4v) is 5.06. The highest BCUT2D eigenvalue weighted by atomic mass is 16.2.